The molecule has 0 unspecified atom stereocenters. The Morgan fingerprint density at radius 2 is 1.57 bits per heavy atom. The quantitative estimate of drug-likeness (QED) is 0.507. The molecule has 0 aliphatic rings. The van der Waals surface area contributed by atoms with Crippen LogP contribution in [0.1, 0.15) is 5.56 Å². The molecular weight excluding hydrogens is 406 g/mol. The Morgan fingerprint density at radius 3 is 2.30 bits per heavy atom. The van der Waals surface area contributed by atoms with Gasteiger partial charge in [0.15, 0.2) is 13.2 Å². The van der Waals surface area contributed by atoms with Crippen LogP contribution in [0.2, 0.25) is 5.02 Å². The van der Waals surface area contributed by atoms with Gasteiger partial charge in [-0.25, -0.2) is 4.79 Å². The average Bonchev–Trinajstić information content (AvgIpc) is 2.76. The molecule has 3 aromatic rings. The number of rotatable bonds is 8. The molecule has 0 saturated heterocycles. The molecule has 0 aliphatic heterocycles. The number of halogens is 1. The molecule has 30 heavy (non-hydrogen) atoms. The molecule has 3 aromatic carbocycles. The maximum Gasteiger partial charge on any atom is 0.344 e. The van der Waals surface area contributed by atoms with Gasteiger partial charge < -0.3 is 19.1 Å². The molecule has 0 aromatic heterocycles. The van der Waals surface area contributed by atoms with E-state index in [0.717, 1.165) is 22.1 Å². The second-order valence-corrected chi connectivity index (χ2v) is 7.14. The Labute approximate surface area is 179 Å². The number of ether oxygens (including phenoxy) is 3. The summed E-state index contributed by atoms with van der Waals surface area (Å²) in [7, 11) is 3.30. The highest BCUT2D eigenvalue weighted by Gasteiger charge is 2.13. The second-order valence-electron chi connectivity index (χ2n) is 6.70. The number of esters is 1. The van der Waals surface area contributed by atoms with E-state index in [4.69, 9.17) is 25.8 Å². The highest BCUT2D eigenvalue weighted by Crippen LogP contribution is 2.22. The number of likely N-dealkylation sites (N-methyl/N-ethyl adjacent to an activating group) is 1. The van der Waals surface area contributed by atoms with Crippen LogP contribution < -0.4 is 9.47 Å². The van der Waals surface area contributed by atoms with Gasteiger partial charge in [0.25, 0.3) is 5.91 Å². The first-order valence-corrected chi connectivity index (χ1v) is 9.67. The Kier molecular flexibility index (Phi) is 7.14. The molecule has 1 amide bonds. The largest absolute Gasteiger partial charge is 0.497 e. The van der Waals surface area contributed by atoms with Gasteiger partial charge in [-0.05, 0) is 58.8 Å². The van der Waals surface area contributed by atoms with E-state index in [1.165, 1.54) is 4.90 Å². The molecule has 0 saturated carbocycles. The van der Waals surface area contributed by atoms with Gasteiger partial charge in [0.1, 0.15) is 11.5 Å². The maximum absolute atomic E-state index is 12.3. The van der Waals surface area contributed by atoms with Crippen LogP contribution in [-0.2, 0) is 20.9 Å². The van der Waals surface area contributed by atoms with Gasteiger partial charge in [-0.1, -0.05) is 29.8 Å². The lowest BCUT2D eigenvalue weighted by Crippen LogP contribution is -2.31. The van der Waals surface area contributed by atoms with E-state index in [0.29, 0.717) is 17.3 Å². The number of hydrogen-bond donors (Lipinski definition) is 0. The first-order chi connectivity index (χ1) is 14.4. The fourth-order valence-corrected chi connectivity index (χ4v) is 2.95. The highest BCUT2D eigenvalue weighted by molar-refractivity contribution is 6.30. The average molecular weight is 428 g/mol. The lowest BCUT2D eigenvalue weighted by molar-refractivity contribution is -0.153. The third-order valence-electron chi connectivity index (χ3n) is 4.48. The van der Waals surface area contributed by atoms with Gasteiger partial charge in [0.05, 0.1) is 7.11 Å². The molecule has 3 rings (SSSR count). The van der Waals surface area contributed by atoms with Gasteiger partial charge in [-0.15, -0.1) is 0 Å². The van der Waals surface area contributed by atoms with Crippen molar-refractivity contribution >= 4 is 34.2 Å². The summed E-state index contributed by atoms with van der Waals surface area (Å²) in [6, 6.07) is 18.4. The number of methoxy groups -OCH3 is 1. The van der Waals surface area contributed by atoms with Crippen LogP contribution in [0.4, 0.5) is 0 Å². The summed E-state index contributed by atoms with van der Waals surface area (Å²) < 4.78 is 15.5. The normalized spacial score (nSPS) is 10.5. The van der Waals surface area contributed by atoms with Gasteiger partial charge >= 0.3 is 5.97 Å². The predicted molar refractivity (Wildman–Crippen MR) is 115 cm³/mol. The molecule has 7 heteroatoms. The Bertz CT molecular complexity index is 1040. The number of carbonyl (C=O) groups excluding carboxylic acids is 2. The fourth-order valence-electron chi connectivity index (χ4n) is 2.83. The first-order valence-electron chi connectivity index (χ1n) is 9.29. The van der Waals surface area contributed by atoms with E-state index in [1.54, 1.807) is 38.4 Å². The maximum atomic E-state index is 12.3. The van der Waals surface area contributed by atoms with Crippen molar-refractivity contribution in [3.63, 3.8) is 0 Å². The third-order valence-corrected chi connectivity index (χ3v) is 4.74. The van der Waals surface area contributed by atoms with Crippen molar-refractivity contribution in [3.05, 3.63) is 71.2 Å². The van der Waals surface area contributed by atoms with E-state index in [1.807, 2.05) is 36.4 Å². The van der Waals surface area contributed by atoms with Crippen LogP contribution in [0.5, 0.6) is 11.5 Å². The third kappa shape index (κ3) is 5.87. The van der Waals surface area contributed by atoms with E-state index in [9.17, 15) is 9.59 Å². The number of nitrogens with zero attached hydrogens (tertiary/aromatic N) is 1. The van der Waals surface area contributed by atoms with Gasteiger partial charge in [0, 0.05) is 18.6 Å². The first kappa shape index (κ1) is 21.5. The molecule has 0 bridgehead atoms. The predicted octanol–water partition coefficient (Wildman–Crippen LogP) is 4.08. The summed E-state index contributed by atoms with van der Waals surface area (Å²) in [6.07, 6.45) is 0. The molecule has 6 nitrogen and oxygen atoms in total. The molecule has 0 fully saturated rings. The van der Waals surface area contributed by atoms with Crippen LogP contribution >= 0.6 is 11.6 Å². The van der Waals surface area contributed by atoms with Crippen molar-refractivity contribution in [2.45, 2.75) is 6.54 Å². The zero-order valence-electron chi connectivity index (χ0n) is 16.8. The van der Waals surface area contributed by atoms with Crippen LogP contribution in [0, 0.1) is 0 Å². The topological polar surface area (TPSA) is 65.1 Å². The van der Waals surface area contributed by atoms with Gasteiger partial charge in [-0.2, -0.15) is 0 Å². The molecule has 0 aliphatic carbocycles. The van der Waals surface area contributed by atoms with E-state index in [-0.39, 0.29) is 19.1 Å². The number of amides is 1. The molecule has 0 N–H and O–H groups in total. The van der Waals surface area contributed by atoms with Crippen molar-refractivity contribution in [2.24, 2.45) is 0 Å². The van der Waals surface area contributed by atoms with Crippen LogP contribution in [0.15, 0.2) is 60.7 Å². The minimum absolute atomic E-state index is 0.285. The van der Waals surface area contributed by atoms with Gasteiger partial charge in [-0.3, -0.25) is 4.79 Å². The zero-order chi connectivity index (χ0) is 21.5. The Hall–Kier alpha value is -3.25. The fraction of sp³-hybridized carbons (Fsp3) is 0.217. The number of fused-ring (bicyclic) bond motifs is 1. The second kappa shape index (κ2) is 9.98. The minimum atomic E-state index is -0.619. The summed E-state index contributed by atoms with van der Waals surface area (Å²) in [5.41, 5.74) is 0.973. The van der Waals surface area contributed by atoms with Crippen LogP contribution in [-0.4, -0.2) is 44.1 Å². The highest BCUT2D eigenvalue weighted by atomic mass is 35.5. The molecule has 0 radical (unpaired) electrons. The van der Waals surface area contributed by atoms with E-state index in [2.05, 4.69) is 0 Å². The zero-order valence-corrected chi connectivity index (χ0v) is 17.5. The standard InChI is InChI=1S/C23H22ClNO5/c1-25(13-16-3-4-18-12-21(28-2)8-5-17(18)11-16)22(26)14-30-23(27)15-29-20-9-6-19(24)7-10-20/h3-12H,13-15H2,1-2H3. The minimum Gasteiger partial charge on any atom is -0.497 e. The molecular formula is C23H22ClNO5. The van der Waals surface area contributed by atoms with Crippen LogP contribution in [0.3, 0.4) is 0 Å². The van der Waals surface area contributed by atoms with E-state index >= 15 is 0 Å². The lowest BCUT2D eigenvalue weighted by atomic mass is 10.1. The Balaban J connectivity index is 1.47. The van der Waals surface area contributed by atoms with Gasteiger partial charge in [0.2, 0.25) is 0 Å². The van der Waals surface area contributed by atoms with Crippen LogP contribution in [0.25, 0.3) is 10.8 Å². The van der Waals surface area contributed by atoms with Crippen molar-refractivity contribution in [3.8, 4) is 11.5 Å². The number of carbonyl (C=O) groups is 2. The summed E-state index contributed by atoms with van der Waals surface area (Å²) >= 11 is 5.79. The van der Waals surface area contributed by atoms with Crippen molar-refractivity contribution in [1.82, 2.24) is 4.90 Å². The number of hydrogen-bond acceptors (Lipinski definition) is 5. The summed E-state index contributed by atoms with van der Waals surface area (Å²) in [5, 5.41) is 2.69. The smallest absolute Gasteiger partial charge is 0.344 e. The number of benzene rings is 3. The Morgan fingerprint density at radius 1 is 0.900 bits per heavy atom. The molecule has 0 spiro atoms. The van der Waals surface area contributed by atoms with Crippen molar-refractivity contribution < 1.29 is 23.8 Å². The summed E-state index contributed by atoms with van der Waals surface area (Å²) in [5.74, 6) is 0.370. The molecule has 0 heterocycles. The summed E-state index contributed by atoms with van der Waals surface area (Å²) in [6.45, 7) is -0.226. The molecule has 0 atom stereocenters. The SMILES string of the molecule is COc1ccc2cc(CN(C)C(=O)COC(=O)COc3ccc(Cl)cc3)ccc2c1. The summed E-state index contributed by atoms with van der Waals surface area (Å²) in [4.78, 5) is 25.6. The van der Waals surface area contributed by atoms with Crippen molar-refractivity contribution in [2.75, 3.05) is 27.4 Å². The van der Waals surface area contributed by atoms with Crippen molar-refractivity contribution in [1.29, 1.82) is 0 Å². The monoisotopic (exact) mass is 427 g/mol. The lowest BCUT2D eigenvalue weighted by Gasteiger charge is -2.17. The molecule has 156 valence electrons. The van der Waals surface area contributed by atoms with E-state index < -0.39 is 5.97 Å².